The molecule has 33 heavy (non-hydrogen) atoms. The summed E-state index contributed by atoms with van der Waals surface area (Å²) in [7, 11) is 4.17. The van der Waals surface area contributed by atoms with E-state index in [-0.39, 0.29) is 12.1 Å². The molecule has 0 bridgehead atoms. The van der Waals surface area contributed by atoms with Gasteiger partial charge in [0.15, 0.2) is 5.82 Å². The molecule has 2 aromatic heterocycles. The second-order valence-electron chi connectivity index (χ2n) is 8.53. The lowest BCUT2D eigenvalue weighted by molar-refractivity contribution is -0.140. The van der Waals surface area contributed by atoms with Crippen molar-refractivity contribution in [2.24, 2.45) is 0 Å². The van der Waals surface area contributed by atoms with Crippen LogP contribution in [0.5, 0.6) is 0 Å². The molecule has 6 nitrogen and oxygen atoms in total. The Morgan fingerprint density at radius 2 is 1.85 bits per heavy atom. The van der Waals surface area contributed by atoms with Crippen molar-refractivity contribution in [3.63, 3.8) is 0 Å². The predicted molar refractivity (Wildman–Crippen MR) is 120 cm³/mol. The fourth-order valence-corrected chi connectivity index (χ4v) is 4.19. The van der Waals surface area contributed by atoms with E-state index in [1.54, 1.807) is 6.20 Å². The highest BCUT2D eigenvalue weighted by atomic mass is 19.4. The van der Waals surface area contributed by atoms with Crippen molar-refractivity contribution in [1.82, 2.24) is 20.1 Å². The molecule has 0 spiro atoms. The van der Waals surface area contributed by atoms with Gasteiger partial charge in [-0.05, 0) is 46.0 Å². The summed E-state index contributed by atoms with van der Waals surface area (Å²) in [4.78, 5) is 9.05. The molecule has 1 aliphatic heterocycles. The van der Waals surface area contributed by atoms with Gasteiger partial charge in [-0.3, -0.25) is 0 Å². The van der Waals surface area contributed by atoms with Crippen molar-refractivity contribution in [1.29, 1.82) is 0 Å². The van der Waals surface area contributed by atoms with E-state index in [4.69, 9.17) is 0 Å². The van der Waals surface area contributed by atoms with Gasteiger partial charge < -0.3 is 15.1 Å². The Morgan fingerprint density at radius 1 is 1.12 bits per heavy atom. The SMILES string of the molecule is Cc1nnc(NCc2cccc(C(F)(F)F)c2F)c2cc(N3CCC(N(C)C)CC3)ncc12. The van der Waals surface area contributed by atoms with Gasteiger partial charge in [0.2, 0.25) is 0 Å². The van der Waals surface area contributed by atoms with Crippen molar-refractivity contribution in [3.05, 3.63) is 53.1 Å². The lowest BCUT2D eigenvalue weighted by Crippen LogP contribution is -2.42. The largest absolute Gasteiger partial charge is 0.419 e. The van der Waals surface area contributed by atoms with Crippen LogP contribution >= 0.6 is 0 Å². The van der Waals surface area contributed by atoms with Crippen molar-refractivity contribution in [2.75, 3.05) is 37.4 Å². The average Bonchev–Trinajstić information content (AvgIpc) is 2.78. The van der Waals surface area contributed by atoms with Crippen LogP contribution in [0.1, 0.15) is 29.7 Å². The van der Waals surface area contributed by atoms with Crippen molar-refractivity contribution < 1.29 is 17.6 Å². The molecule has 1 N–H and O–H groups in total. The van der Waals surface area contributed by atoms with Crippen LogP contribution in [0, 0.1) is 12.7 Å². The zero-order chi connectivity index (χ0) is 23.8. The molecule has 3 heterocycles. The molecule has 1 aromatic carbocycles. The first-order chi connectivity index (χ1) is 15.6. The Kier molecular flexibility index (Phi) is 6.38. The maximum Gasteiger partial charge on any atom is 0.419 e. The Morgan fingerprint density at radius 3 is 2.52 bits per heavy atom. The summed E-state index contributed by atoms with van der Waals surface area (Å²) in [5.41, 5.74) is -0.694. The van der Waals surface area contributed by atoms with E-state index in [2.05, 4.69) is 44.4 Å². The predicted octanol–water partition coefficient (Wildman–Crippen LogP) is 4.63. The van der Waals surface area contributed by atoms with E-state index < -0.39 is 17.6 Å². The quantitative estimate of drug-likeness (QED) is 0.558. The number of halogens is 4. The standard InChI is InChI=1S/C23H26F4N6/c1-14-18-13-28-20(33-9-7-16(8-10-33)32(2)3)11-17(18)22(31-30-14)29-12-15-5-4-6-19(21(15)24)23(25,26)27/h4-6,11,13,16H,7-10,12H2,1-3H3,(H,29,31). The number of rotatable bonds is 5. The number of piperidine rings is 1. The number of nitrogens with one attached hydrogen (secondary N) is 1. The van der Waals surface area contributed by atoms with Gasteiger partial charge in [0, 0.05) is 48.2 Å². The third-order valence-electron chi connectivity index (χ3n) is 6.18. The third-order valence-corrected chi connectivity index (χ3v) is 6.18. The zero-order valence-corrected chi connectivity index (χ0v) is 18.7. The molecule has 0 unspecified atom stereocenters. The van der Waals surface area contributed by atoms with Gasteiger partial charge in [-0.1, -0.05) is 12.1 Å². The zero-order valence-electron chi connectivity index (χ0n) is 18.7. The second-order valence-corrected chi connectivity index (χ2v) is 8.53. The number of aryl methyl sites for hydroxylation is 1. The number of aromatic nitrogens is 3. The molecule has 1 fully saturated rings. The number of hydrogen-bond acceptors (Lipinski definition) is 6. The summed E-state index contributed by atoms with van der Waals surface area (Å²) in [5, 5.41) is 12.8. The summed E-state index contributed by atoms with van der Waals surface area (Å²) >= 11 is 0. The van der Waals surface area contributed by atoms with E-state index >= 15 is 0 Å². The number of alkyl halides is 3. The number of fused-ring (bicyclic) bond motifs is 1. The first kappa shape index (κ1) is 23.2. The smallest absolute Gasteiger partial charge is 0.364 e. The van der Waals surface area contributed by atoms with Gasteiger partial charge in [-0.25, -0.2) is 9.37 Å². The molecule has 0 amide bonds. The number of pyridine rings is 1. The number of nitrogens with zero attached hydrogens (tertiary/aromatic N) is 5. The Hall–Kier alpha value is -3.01. The minimum absolute atomic E-state index is 0.0969. The molecule has 0 saturated carbocycles. The highest BCUT2D eigenvalue weighted by Gasteiger charge is 2.34. The van der Waals surface area contributed by atoms with Crippen LogP contribution in [-0.2, 0) is 12.7 Å². The molecule has 4 rings (SSSR count). The van der Waals surface area contributed by atoms with Gasteiger partial charge in [0.05, 0.1) is 11.3 Å². The highest BCUT2D eigenvalue weighted by Crippen LogP contribution is 2.33. The first-order valence-electron chi connectivity index (χ1n) is 10.8. The number of benzene rings is 1. The topological polar surface area (TPSA) is 57.2 Å². The molecule has 0 radical (unpaired) electrons. The Bertz CT molecular complexity index is 1140. The monoisotopic (exact) mass is 462 g/mol. The molecule has 10 heteroatoms. The van der Waals surface area contributed by atoms with Crippen molar-refractivity contribution in [2.45, 2.75) is 38.5 Å². The summed E-state index contributed by atoms with van der Waals surface area (Å²) in [5.74, 6) is -0.104. The van der Waals surface area contributed by atoms with E-state index in [9.17, 15) is 17.6 Å². The molecule has 176 valence electrons. The van der Waals surface area contributed by atoms with Crippen LogP contribution < -0.4 is 10.2 Å². The average molecular weight is 462 g/mol. The van der Waals surface area contributed by atoms with E-state index in [0.717, 1.165) is 48.6 Å². The van der Waals surface area contributed by atoms with E-state index in [0.29, 0.717) is 17.6 Å². The Labute approximate surface area is 189 Å². The highest BCUT2D eigenvalue weighted by molar-refractivity contribution is 5.94. The molecule has 1 aliphatic rings. The maximum absolute atomic E-state index is 14.4. The lowest BCUT2D eigenvalue weighted by atomic mass is 10.0. The van der Waals surface area contributed by atoms with E-state index in [1.807, 2.05) is 13.0 Å². The van der Waals surface area contributed by atoms with Gasteiger partial charge >= 0.3 is 6.18 Å². The number of hydrogen-bond donors (Lipinski definition) is 1. The van der Waals surface area contributed by atoms with Gasteiger partial charge in [0.25, 0.3) is 0 Å². The molecular weight excluding hydrogens is 436 g/mol. The molecule has 0 atom stereocenters. The van der Waals surface area contributed by atoms with Crippen LogP contribution in [0.25, 0.3) is 10.8 Å². The van der Waals surface area contributed by atoms with Crippen molar-refractivity contribution >= 4 is 22.4 Å². The van der Waals surface area contributed by atoms with Gasteiger partial charge in [-0.15, -0.1) is 5.10 Å². The Balaban J connectivity index is 1.60. The molecular formula is C23H26F4N6. The number of anilines is 2. The minimum Gasteiger partial charge on any atom is -0.364 e. The summed E-state index contributed by atoms with van der Waals surface area (Å²) in [6.07, 6.45) is -0.958. The molecule has 3 aromatic rings. The van der Waals surface area contributed by atoms with Crippen LogP contribution in [0.4, 0.5) is 29.2 Å². The normalized spacial score (nSPS) is 15.5. The molecule has 1 saturated heterocycles. The third kappa shape index (κ3) is 4.85. The summed E-state index contributed by atoms with van der Waals surface area (Å²) in [6, 6.07) is 5.70. The van der Waals surface area contributed by atoms with Crippen LogP contribution in [0.2, 0.25) is 0 Å². The van der Waals surface area contributed by atoms with Crippen LogP contribution in [-0.4, -0.2) is 53.3 Å². The minimum atomic E-state index is -4.75. The maximum atomic E-state index is 14.4. The van der Waals surface area contributed by atoms with E-state index in [1.165, 1.54) is 12.1 Å². The van der Waals surface area contributed by atoms with Gasteiger partial charge in [-0.2, -0.15) is 18.3 Å². The summed E-state index contributed by atoms with van der Waals surface area (Å²) in [6.45, 7) is 3.40. The van der Waals surface area contributed by atoms with Crippen LogP contribution in [0.3, 0.4) is 0 Å². The fraction of sp³-hybridized carbons (Fsp3) is 0.435. The fourth-order valence-electron chi connectivity index (χ4n) is 4.19. The lowest BCUT2D eigenvalue weighted by Gasteiger charge is -2.35. The van der Waals surface area contributed by atoms with Gasteiger partial charge in [0.1, 0.15) is 11.6 Å². The van der Waals surface area contributed by atoms with Crippen LogP contribution in [0.15, 0.2) is 30.5 Å². The first-order valence-corrected chi connectivity index (χ1v) is 10.8. The summed E-state index contributed by atoms with van der Waals surface area (Å²) < 4.78 is 53.5. The second kappa shape index (κ2) is 9.09. The molecule has 0 aliphatic carbocycles. The van der Waals surface area contributed by atoms with Crippen molar-refractivity contribution in [3.8, 4) is 0 Å².